The van der Waals surface area contributed by atoms with Gasteiger partial charge >= 0.3 is 0 Å². The lowest BCUT2D eigenvalue weighted by Gasteiger charge is -2.11. The monoisotopic (exact) mass is 498 g/mol. The topological polar surface area (TPSA) is 17.8 Å². The van der Waals surface area contributed by atoms with E-state index in [1.54, 1.807) is 0 Å². The zero-order chi connectivity index (χ0) is 26.0. The fourth-order valence-corrected chi connectivity index (χ4v) is 5.29. The van der Waals surface area contributed by atoms with E-state index < -0.39 is 0 Å². The first-order chi connectivity index (χ1) is 19.3. The van der Waals surface area contributed by atoms with Crippen molar-refractivity contribution >= 4 is 10.9 Å². The van der Waals surface area contributed by atoms with Gasteiger partial charge in [-0.1, -0.05) is 115 Å². The molecule has 184 valence electrons. The number of benzene rings is 5. The van der Waals surface area contributed by atoms with Crippen LogP contribution in [0.2, 0.25) is 0 Å². The molecule has 0 aliphatic rings. The zero-order valence-electron chi connectivity index (χ0n) is 21.4. The minimum atomic E-state index is 0.962. The Kier molecular flexibility index (Phi) is 5.84. The summed E-state index contributed by atoms with van der Waals surface area (Å²) in [7, 11) is 0. The van der Waals surface area contributed by atoms with Crippen molar-refractivity contribution < 1.29 is 0 Å². The summed E-state index contributed by atoms with van der Waals surface area (Å²) in [5.74, 6) is 0. The van der Waals surface area contributed by atoms with Gasteiger partial charge in [0.25, 0.3) is 0 Å². The second-order valence-corrected chi connectivity index (χ2v) is 9.70. The van der Waals surface area contributed by atoms with Crippen LogP contribution in [0.5, 0.6) is 0 Å². The number of pyridine rings is 1. The number of rotatable bonds is 5. The van der Waals surface area contributed by atoms with Gasteiger partial charge in [-0.25, -0.2) is 4.98 Å². The van der Waals surface area contributed by atoms with Crippen LogP contribution < -0.4 is 0 Å². The Morgan fingerprint density at radius 3 is 1.72 bits per heavy atom. The molecule has 0 fully saturated rings. The maximum atomic E-state index is 5.14. The van der Waals surface area contributed by atoms with Crippen LogP contribution in [0.3, 0.4) is 0 Å². The zero-order valence-corrected chi connectivity index (χ0v) is 21.4. The molecular weight excluding hydrogens is 472 g/mol. The molecule has 0 N–H and O–H groups in total. The van der Waals surface area contributed by atoms with E-state index in [1.807, 2.05) is 6.07 Å². The highest BCUT2D eigenvalue weighted by molar-refractivity contribution is 5.97. The van der Waals surface area contributed by atoms with E-state index in [0.29, 0.717) is 0 Å². The number of hydrogen-bond donors (Lipinski definition) is 0. The average molecular weight is 499 g/mol. The normalized spacial score (nSPS) is 11.1. The maximum absolute atomic E-state index is 5.14. The quantitative estimate of drug-likeness (QED) is 0.231. The van der Waals surface area contributed by atoms with Crippen molar-refractivity contribution in [2.45, 2.75) is 0 Å². The molecule has 0 unspecified atom stereocenters. The molecule has 0 saturated carbocycles. The van der Waals surface area contributed by atoms with E-state index in [2.05, 4.69) is 156 Å². The van der Waals surface area contributed by atoms with E-state index in [0.717, 1.165) is 33.8 Å². The van der Waals surface area contributed by atoms with Gasteiger partial charge in [0.05, 0.1) is 16.9 Å². The van der Waals surface area contributed by atoms with Gasteiger partial charge in [-0.15, -0.1) is 0 Å². The number of nitrogens with zero attached hydrogens (tertiary/aromatic N) is 2. The predicted octanol–water partition coefficient (Wildman–Crippen LogP) is 9.69. The molecule has 7 aromatic rings. The first kappa shape index (κ1) is 22.9. The SMILES string of the molecule is c1ccc(-c2cc(-c3ccccc3)nc(-c3cccc(-c4cn(-c5ccccc5)c5ccccc45)c3)c2)cc1. The summed E-state index contributed by atoms with van der Waals surface area (Å²) in [6.07, 6.45) is 2.25. The van der Waals surface area contributed by atoms with E-state index in [4.69, 9.17) is 4.98 Å². The number of para-hydroxylation sites is 2. The highest BCUT2D eigenvalue weighted by Crippen LogP contribution is 2.36. The molecule has 39 heavy (non-hydrogen) atoms. The van der Waals surface area contributed by atoms with Gasteiger partial charge in [-0.2, -0.15) is 0 Å². The standard InChI is InChI=1S/C37H26N2/c1-4-13-27(14-5-1)31-24-35(28-15-6-2-7-16-28)38-36(25-31)30-18-12-17-29(23-30)34-26-39(32-19-8-3-9-20-32)37-22-11-10-21-33(34)37/h1-26H. The Morgan fingerprint density at radius 1 is 0.410 bits per heavy atom. The van der Waals surface area contributed by atoms with Gasteiger partial charge in [0.2, 0.25) is 0 Å². The molecular formula is C37H26N2. The Hall–Kier alpha value is -5.21. The van der Waals surface area contributed by atoms with Crippen LogP contribution in [0.15, 0.2) is 158 Å². The summed E-state index contributed by atoms with van der Waals surface area (Å²) >= 11 is 0. The minimum absolute atomic E-state index is 0.962. The third-order valence-corrected chi connectivity index (χ3v) is 7.22. The fraction of sp³-hybridized carbons (Fsp3) is 0. The molecule has 2 heterocycles. The highest BCUT2D eigenvalue weighted by atomic mass is 15.0. The summed E-state index contributed by atoms with van der Waals surface area (Å²) < 4.78 is 2.28. The Morgan fingerprint density at radius 2 is 0.974 bits per heavy atom. The summed E-state index contributed by atoms with van der Waals surface area (Å²) in [6, 6.07) is 53.2. The lowest BCUT2D eigenvalue weighted by atomic mass is 9.97. The fourth-order valence-electron chi connectivity index (χ4n) is 5.29. The molecule has 0 aliphatic carbocycles. The lowest BCUT2D eigenvalue weighted by Crippen LogP contribution is -1.91. The largest absolute Gasteiger partial charge is 0.316 e. The molecule has 0 saturated heterocycles. The molecule has 5 aromatic carbocycles. The molecule has 0 radical (unpaired) electrons. The highest BCUT2D eigenvalue weighted by Gasteiger charge is 2.14. The second-order valence-electron chi connectivity index (χ2n) is 9.70. The summed E-state index contributed by atoms with van der Waals surface area (Å²) in [5.41, 5.74) is 11.2. The van der Waals surface area contributed by atoms with E-state index in [9.17, 15) is 0 Å². The molecule has 7 rings (SSSR count). The van der Waals surface area contributed by atoms with Gasteiger partial charge in [0.1, 0.15) is 0 Å². The average Bonchev–Trinajstić information content (AvgIpc) is 3.42. The maximum Gasteiger partial charge on any atom is 0.0715 e. The van der Waals surface area contributed by atoms with E-state index in [-0.39, 0.29) is 0 Å². The van der Waals surface area contributed by atoms with Crippen LogP contribution in [0.1, 0.15) is 0 Å². The van der Waals surface area contributed by atoms with Crippen molar-refractivity contribution in [2.75, 3.05) is 0 Å². The predicted molar refractivity (Wildman–Crippen MR) is 163 cm³/mol. The molecule has 2 heteroatoms. The van der Waals surface area contributed by atoms with Crippen molar-refractivity contribution in [1.29, 1.82) is 0 Å². The first-order valence-electron chi connectivity index (χ1n) is 13.2. The van der Waals surface area contributed by atoms with Gasteiger partial charge in [0, 0.05) is 34.0 Å². The molecule has 0 atom stereocenters. The van der Waals surface area contributed by atoms with Crippen LogP contribution in [0.25, 0.3) is 61.4 Å². The van der Waals surface area contributed by atoms with Crippen LogP contribution in [0.4, 0.5) is 0 Å². The smallest absolute Gasteiger partial charge is 0.0715 e. The Bertz CT molecular complexity index is 1830. The Balaban J connectivity index is 1.39. The van der Waals surface area contributed by atoms with Crippen LogP contribution >= 0.6 is 0 Å². The summed E-state index contributed by atoms with van der Waals surface area (Å²) in [4.78, 5) is 5.14. The van der Waals surface area contributed by atoms with Crippen LogP contribution in [0, 0.1) is 0 Å². The van der Waals surface area contributed by atoms with Crippen molar-refractivity contribution in [3.63, 3.8) is 0 Å². The molecule has 0 aliphatic heterocycles. The molecule has 0 amide bonds. The number of aromatic nitrogens is 2. The third kappa shape index (κ3) is 4.43. The van der Waals surface area contributed by atoms with Crippen molar-refractivity contribution in [2.24, 2.45) is 0 Å². The van der Waals surface area contributed by atoms with Crippen LogP contribution in [-0.2, 0) is 0 Å². The van der Waals surface area contributed by atoms with Gasteiger partial charge in [0.15, 0.2) is 0 Å². The lowest BCUT2D eigenvalue weighted by molar-refractivity contribution is 1.13. The molecule has 0 bridgehead atoms. The summed E-state index contributed by atoms with van der Waals surface area (Å²) in [5, 5.41) is 1.23. The first-order valence-corrected chi connectivity index (χ1v) is 13.2. The van der Waals surface area contributed by atoms with Gasteiger partial charge < -0.3 is 4.57 Å². The van der Waals surface area contributed by atoms with Gasteiger partial charge in [-0.3, -0.25) is 0 Å². The number of fused-ring (bicyclic) bond motifs is 1. The molecule has 0 spiro atoms. The van der Waals surface area contributed by atoms with Crippen molar-refractivity contribution in [3.05, 3.63) is 158 Å². The molecule has 2 aromatic heterocycles. The summed E-state index contributed by atoms with van der Waals surface area (Å²) in [6.45, 7) is 0. The Labute approximate surface area is 228 Å². The third-order valence-electron chi connectivity index (χ3n) is 7.22. The minimum Gasteiger partial charge on any atom is -0.316 e. The number of hydrogen-bond acceptors (Lipinski definition) is 1. The van der Waals surface area contributed by atoms with E-state index >= 15 is 0 Å². The van der Waals surface area contributed by atoms with Crippen LogP contribution in [-0.4, -0.2) is 9.55 Å². The molecule has 2 nitrogen and oxygen atoms in total. The van der Waals surface area contributed by atoms with Crippen molar-refractivity contribution in [3.8, 4) is 50.5 Å². The second kappa shape index (κ2) is 9.92. The van der Waals surface area contributed by atoms with Crippen molar-refractivity contribution in [1.82, 2.24) is 9.55 Å². The van der Waals surface area contributed by atoms with E-state index in [1.165, 1.54) is 27.6 Å². The van der Waals surface area contributed by atoms with Gasteiger partial charge in [-0.05, 0) is 53.1 Å².